The lowest BCUT2D eigenvalue weighted by Gasteiger charge is -2.19. The zero-order valence-electron chi connectivity index (χ0n) is 10.3. The molecule has 0 aromatic heterocycles. The number of hydrogen-bond donors (Lipinski definition) is 3. The molecule has 0 aliphatic carbocycles. The van der Waals surface area contributed by atoms with Crippen LogP contribution in [0.15, 0.2) is 0 Å². The number of hydrogen-bond acceptors (Lipinski definition) is 4. The normalized spacial score (nSPS) is 20.2. The van der Waals surface area contributed by atoms with Gasteiger partial charge in [0.25, 0.3) is 0 Å². The average molecular weight is 258 g/mol. The summed E-state index contributed by atoms with van der Waals surface area (Å²) >= 11 is 0. The van der Waals surface area contributed by atoms with E-state index in [4.69, 9.17) is 9.84 Å². The lowest BCUT2D eigenvalue weighted by atomic mass is 10.1. The molecule has 1 saturated heterocycles. The van der Waals surface area contributed by atoms with Gasteiger partial charge in [-0.2, -0.15) is 0 Å². The van der Waals surface area contributed by atoms with Crippen molar-refractivity contribution in [1.29, 1.82) is 0 Å². The Kier molecular flexibility index (Phi) is 5.57. The van der Waals surface area contributed by atoms with Crippen molar-refractivity contribution in [1.82, 2.24) is 10.6 Å². The molecule has 1 fully saturated rings. The SMILES string of the molecule is CC(NC(=O)NC(=O)CCC(=O)O)C1CCCO1. The highest BCUT2D eigenvalue weighted by atomic mass is 16.5. The third-order valence-electron chi connectivity index (χ3n) is 2.70. The molecule has 2 atom stereocenters. The van der Waals surface area contributed by atoms with Crippen LogP contribution in [0.5, 0.6) is 0 Å². The quantitative estimate of drug-likeness (QED) is 0.655. The number of nitrogens with one attached hydrogen (secondary N) is 2. The van der Waals surface area contributed by atoms with Gasteiger partial charge in [-0.15, -0.1) is 0 Å². The van der Waals surface area contributed by atoms with E-state index in [2.05, 4.69) is 10.6 Å². The molecule has 0 bridgehead atoms. The maximum absolute atomic E-state index is 11.4. The number of rotatable bonds is 5. The second kappa shape index (κ2) is 6.95. The molecule has 1 aliphatic heterocycles. The number of carbonyl (C=O) groups excluding carboxylic acids is 2. The molecule has 0 saturated carbocycles. The molecule has 0 spiro atoms. The number of carboxylic acids is 1. The Hall–Kier alpha value is -1.63. The predicted octanol–water partition coefficient (Wildman–Crippen LogP) is 0.245. The van der Waals surface area contributed by atoms with Gasteiger partial charge in [0.1, 0.15) is 0 Å². The second-order valence-corrected chi connectivity index (χ2v) is 4.26. The van der Waals surface area contributed by atoms with Gasteiger partial charge in [-0.05, 0) is 19.8 Å². The zero-order valence-corrected chi connectivity index (χ0v) is 10.3. The summed E-state index contributed by atoms with van der Waals surface area (Å²) in [6.07, 6.45) is 1.33. The molecule has 18 heavy (non-hydrogen) atoms. The maximum Gasteiger partial charge on any atom is 0.321 e. The molecule has 1 rings (SSSR count). The third-order valence-corrected chi connectivity index (χ3v) is 2.70. The average Bonchev–Trinajstić information content (AvgIpc) is 2.79. The summed E-state index contributed by atoms with van der Waals surface area (Å²) in [5, 5.41) is 13.1. The van der Waals surface area contributed by atoms with Gasteiger partial charge in [0.2, 0.25) is 5.91 Å². The van der Waals surface area contributed by atoms with Gasteiger partial charge in [0.15, 0.2) is 0 Å². The summed E-state index contributed by atoms with van der Waals surface area (Å²) < 4.78 is 5.39. The minimum atomic E-state index is -1.07. The first-order valence-electron chi connectivity index (χ1n) is 5.93. The van der Waals surface area contributed by atoms with Crippen molar-refractivity contribution >= 4 is 17.9 Å². The van der Waals surface area contributed by atoms with Crippen molar-refractivity contribution in [2.24, 2.45) is 0 Å². The molecule has 7 heteroatoms. The van der Waals surface area contributed by atoms with Gasteiger partial charge in [0.05, 0.1) is 18.6 Å². The molecule has 3 amide bonds. The Balaban J connectivity index is 2.23. The van der Waals surface area contributed by atoms with Crippen molar-refractivity contribution in [3.05, 3.63) is 0 Å². The van der Waals surface area contributed by atoms with Gasteiger partial charge in [0, 0.05) is 13.0 Å². The van der Waals surface area contributed by atoms with Crippen LogP contribution in [0.1, 0.15) is 32.6 Å². The van der Waals surface area contributed by atoms with Crippen molar-refractivity contribution < 1.29 is 24.2 Å². The Morgan fingerprint density at radius 3 is 2.67 bits per heavy atom. The van der Waals surface area contributed by atoms with E-state index in [1.807, 2.05) is 0 Å². The summed E-state index contributed by atoms with van der Waals surface area (Å²) in [6.45, 7) is 2.49. The number of urea groups is 1. The van der Waals surface area contributed by atoms with E-state index in [1.165, 1.54) is 0 Å². The van der Waals surface area contributed by atoms with Crippen LogP contribution in [0.3, 0.4) is 0 Å². The van der Waals surface area contributed by atoms with E-state index >= 15 is 0 Å². The molecule has 3 N–H and O–H groups in total. The fraction of sp³-hybridized carbons (Fsp3) is 0.727. The highest BCUT2D eigenvalue weighted by Crippen LogP contribution is 2.15. The molecular weight excluding hydrogens is 240 g/mol. The zero-order chi connectivity index (χ0) is 13.5. The van der Waals surface area contributed by atoms with E-state index in [0.29, 0.717) is 6.61 Å². The highest BCUT2D eigenvalue weighted by Gasteiger charge is 2.24. The monoisotopic (exact) mass is 258 g/mol. The largest absolute Gasteiger partial charge is 0.481 e. The summed E-state index contributed by atoms with van der Waals surface area (Å²) in [5.74, 6) is -1.67. The lowest BCUT2D eigenvalue weighted by Crippen LogP contribution is -2.47. The van der Waals surface area contributed by atoms with Crippen LogP contribution in [0.4, 0.5) is 4.79 Å². The van der Waals surface area contributed by atoms with Gasteiger partial charge < -0.3 is 15.2 Å². The number of aliphatic carboxylic acids is 1. The van der Waals surface area contributed by atoms with Crippen molar-refractivity contribution in [3.8, 4) is 0 Å². The van der Waals surface area contributed by atoms with Gasteiger partial charge in [-0.3, -0.25) is 14.9 Å². The molecule has 0 radical (unpaired) electrons. The van der Waals surface area contributed by atoms with Crippen LogP contribution in [0.2, 0.25) is 0 Å². The van der Waals surface area contributed by atoms with Crippen LogP contribution in [-0.2, 0) is 14.3 Å². The van der Waals surface area contributed by atoms with Crippen LogP contribution in [0.25, 0.3) is 0 Å². The first-order valence-corrected chi connectivity index (χ1v) is 5.93. The molecule has 1 heterocycles. The van der Waals surface area contributed by atoms with Crippen molar-refractivity contribution in [2.45, 2.75) is 44.8 Å². The third kappa shape index (κ3) is 5.13. The van der Waals surface area contributed by atoms with Crippen molar-refractivity contribution in [3.63, 3.8) is 0 Å². The number of amides is 3. The smallest absolute Gasteiger partial charge is 0.321 e. The van der Waals surface area contributed by atoms with Crippen LogP contribution in [-0.4, -0.2) is 41.8 Å². The van der Waals surface area contributed by atoms with Gasteiger partial charge in [-0.1, -0.05) is 0 Å². The maximum atomic E-state index is 11.4. The van der Waals surface area contributed by atoms with E-state index < -0.39 is 17.9 Å². The molecule has 2 unspecified atom stereocenters. The predicted molar refractivity (Wildman–Crippen MR) is 62.0 cm³/mol. The number of carboxylic acid groups (broad SMARTS) is 1. The summed E-state index contributed by atoms with van der Waals surface area (Å²) in [4.78, 5) is 32.9. The molecule has 0 aromatic rings. The molecule has 7 nitrogen and oxygen atoms in total. The van der Waals surface area contributed by atoms with Gasteiger partial charge >= 0.3 is 12.0 Å². The van der Waals surface area contributed by atoms with Crippen molar-refractivity contribution in [2.75, 3.05) is 6.61 Å². The van der Waals surface area contributed by atoms with E-state index in [0.717, 1.165) is 12.8 Å². The molecule has 102 valence electrons. The standard InChI is InChI=1S/C11H18N2O5/c1-7(8-3-2-6-18-8)12-11(17)13-9(14)4-5-10(15)16/h7-8H,2-6H2,1H3,(H,15,16)(H2,12,13,14,17). The van der Waals surface area contributed by atoms with Crippen LogP contribution >= 0.6 is 0 Å². The number of imide groups is 1. The van der Waals surface area contributed by atoms with Gasteiger partial charge in [-0.25, -0.2) is 4.79 Å². The fourth-order valence-corrected chi connectivity index (χ4v) is 1.74. The van der Waals surface area contributed by atoms with Crippen LogP contribution < -0.4 is 10.6 Å². The fourth-order valence-electron chi connectivity index (χ4n) is 1.74. The topological polar surface area (TPSA) is 105 Å². The minimum absolute atomic E-state index is 0.0233. The number of ether oxygens (including phenoxy) is 1. The lowest BCUT2D eigenvalue weighted by molar-refractivity contribution is -0.138. The first-order chi connectivity index (χ1) is 8.49. The Labute approximate surface area is 105 Å². The highest BCUT2D eigenvalue weighted by molar-refractivity contribution is 5.95. The summed E-state index contributed by atoms with van der Waals surface area (Å²) in [5.41, 5.74) is 0. The molecule has 1 aliphatic rings. The molecule has 0 aromatic carbocycles. The minimum Gasteiger partial charge on any atom is -0.481 e. The Bertz CT molecular complexity index is 325. The van der Waals surface area contributed by atoms with E-state index in [9.17, 15) is 14.4 Å². The number of carbonyl (C=O) groups is 3. The Morgan fingerprint density at radius 2 is 2.11 bits per heavy atom. The first kappa shape index (κ1) is 14.4. The summed E-state index contributed by atoms with van der Waals surface area (Å²) in [7, 11) is 0. The summed E-state index contributed by atoms with van der Waals surface area (Å²) in [6, 6.07) is -0.798. The van der Waals surface area contributed by atoms with E-state index in [1.54, 1.807) is 6.92 Å². The second-order valence-electron chi connectivity index (χ2n) is 4.26. The van der Waals surface area contributed by atoms with Crippen LogP contribution in [0, 0.1) is 0 Å². The molecular formula is C11H18N2O5. The Morgan fingerprint density at radius 1 is 1.39 bits per heavy atom. The van der Waals surface area contributed by atoms with E-state index in [-0.39, 0.29) is 25.0 Å².